The van der Waals surface area contributed by atoms with Gasteiger partial charge in [-0.1, -0.05) is 50.6 Å². The van der Waals surface area contributed by atoms with Gasteiger partial charge in [-0.2, -0.15) is 0 Å². The van der Waals surface area contributed by atoms with Gasteiger partial charge in [0.25, 0.3) is 5.91 Å². The number of carbonyl (C=O) groups is 1. The van der Waals surface area contributed by atoms with Crippen molar-refractivity contribution >= 4 is 15.8 Å². The Kier molecular flexibility index (Phi) is 7.74. The molecule has 0 bridgehead atoms. The summed E-state index contributed by atoms with van der Waals surface area (Å²) in [6.45, 7) is 9.13. The van der Waals surface area contributed by atoms with Crippen molar-refractivity contribution < 1.29 is 9.00 Å². The molecule has 1 unspecified atom stereocenters. The number of carbonyl (C=O) groups excluding carboxylic acids is 1. The molecule has 0 aliphatic heterocycles. The fourth-order valence-corrected chi connectivity index (χ4v) is 4.51. The van der Waals surface area contributed by atoms with Gasteiger partial charge in [0.15, 0.2) is 0 Å². The number of benzene rings is 2. The summed E-state index contributed by atoms with van der Waals surface area (Å²) in [7, 11) is 0.689. The second-order valence-corrected chi connectivity index (χ2v) is 9.90. The van der Waals surface area contributed by atoms with Crippen molar-refractivity contribution in [1.82, 2.24) is 4.90 Å². The lowest BCUT2D eigenvalue weighted by molar-refractivity contribution is -0.117. The lowest BCUT2D eigenvalue weighted by Gasteiger charge is -2.17. The Balaban J connectivity index is 2.33. The lowest BCUT2D eigenvalue weighted by atomic mass is 9.88. The minimum Gasteiger partial charge on any atom is -0.305 e. The molecule has 0 saturated heterocycles. The molecular formula is C23H33N3O2S. The molecule has 2 rings (SSSR count). The van der Waals surface area contributed by atoms with Gasteiger partial charge in [0.05, 0.1) is 11.3 Å². The monoisotopic (exact) mass is 415 g/mol. The van der Waals surface area contributed by atoms with E-state index in [2.05, 4.69) is 44.2 Å². The van der Waals surface area contributed by atoms with E-state index in [-0.39, 0.29) is 12.3 Å². The topological polar surface area (TPSA) is 75.8 Å². The van der Waals surface area contributed by atoms with E-state index in [1.54, 1.807) is 12.1 Å². The van der Waals surface area contributed by atoms with Crippen LogP contribution >= 0.6 is 0 Å². The van der Waals surface area contributed by atoms with Crippen LogP contribution < -0.4 is 5.14 Å². The molecule has 0 fully saturated rings. The summed E-state index contributed by atoms with van der Waals surface area (Å²) in [6.07, 6.45) is 0.944. The summed E-state index contributed by atoms with van der Waals surface area (Å²) in [6, 6.07) is 11.4. The fraction of sp³-hybridized carbons (Fsp3) is 0.435. The Hall–Kier alpha value is -2.02. The number of hydrogen-bond donors (Lipinski definition) is 1. The highest BCUT2D eigenvalue weighted by Gasteiger charge is 2.17. The van der Waals surface area contributed by atoms with E-state index in [1.807, 2.05) is 31.1 Å². The van der Waals surface area contributed by atoms with Crippen LogP contribution in [0.4, 0.5) is 0 Å². The van der Waals surface area contributed by atoms with Gasteiger partial charge in [0, 0.05) is 6.54 Å². The SMILES string of the molecule is CCc1cc(C)cc(C(C)C)c1CC(=O)N=S(N)(=O)c1ccc(CN(C)C)cc1. The van der Waals surface area contributed by atoms with Gasteiger partial charge in [-0.3, -0.25) is 4.79 Å². The summed E-state index contributed by atoms with van der Waals surface area (Å²) in [5.41, 5.74) is 5.52. The smallest absolute Gasteiger partial charge is 0.259 e. The fourth-order valence-electron chi connectivity index (χ4n) is 3.51. The van der Waals surface area contributed by atoms with E-state index < -0.39 is 15.8 Å². The zero-order chi connectivity index (χ0) is 21.8. The van der Waals surface area contributed by atoms with Crippen molar-refractivity contribution in [2.45, 2.75) is 57.9 Å². The quantitative estimate of drug-likeness (QED) is 0.736. The first-order valence-corrected chi connectivity index (χ1v) is 11.5. The molecule has 1 amide bonds. The van der Waals surface area contributed by atoms with Gasteiger partial charge in [-0.05, 0) is 67.7 Å². The van der Waals surface area contributed by atoms with Crippen molar-refractivity contribution in [3.63, 3.8) is 0 Å². The van der Waals surface area contributed by atoms with E-state index in [0.29, 0.717) is 4.90 Å². The Labute approximate surface area is 175 Å². The maximum Gasteiger partial charge on any atom is 0.259 e. The van der Waals surface area contributed by atoms with Crippen LogP contribution in [0.2, 0.25) is 0 Å². The highest BCUT2D eigenvalue weighted by Crippen LogP contribution is 2.26. The number of aryl methyl sites for hydroxylation is 2. The standard InChI is InChI=1S/C23H33N3O2S/c1-7-19-12-17(4)13-21(16(2)3)22(19)14-23(27)25-29(24,28)20-10-8-18(9-11-20)15-26(5)6/h8-13,16H,7,14-15H2,1-6H3,(H2,24,25,27,28). The molecule has 2 aromatic rings. The Morgan fingerprint density at radius 3 is 2.31 bits per heavy atom. The molecule has 5 nitrogen and oxygen atoms in total. The third kappa shape index (κ3) is 6.23. The van der Waals surface area contributed by atoms with E-state index in [9.17, 15) is 9.00 Å². The molecule has 2 N–H and O–H groups in total. The molecule has 0 saturated carbocycles. The Morgan fingerprint density at radius 2 is 1.79 bits per heavy atom. The first-order chi connectivity index (χ1) is 13.5. The van der Waals surface area contributed by atoms with Gasteiger partial charge in [-0.15, -0.1) is 4.36 Å². The largest absolute Gasteiger partial charge is 0.305 e. The summed E-state index contributed by atoms with van der Waals surface area (Å²) in [5, 5.41) is 5.97. The molecule has 0 aliphatic carbocycles. The molecule has 0 aromatic heterocycles. The number of nitrogens with two attached hydrogens (primary N) is 1. The molecule has 0 radical (unpaired) electrons. The highest BCUT2D eigenvalue weighted by atomic mass is 32.2. The first kappa shape index (κ1) is 23.3. The minimum atomic E-state index is -3.27. The zero-order valence-electron chi connectivity index (χ0n) is 18.4. The van der Waals surface area contributed by atoms with Crippen LogP contribution in [0.1, 0.15) is 54.5 Å². The van der Waals surface area contributed by atoms with Crippen LogP contribution in [-0.2, 0) is 34.1 Å². The van der Waals surface area contributed by atoms with Gasteiger partial charge < -0.3 is 4.90 Å². The zero-order valence-corrected chi connectivity index (χ0v) is 19.2. The molecule has 2 aromatic carbocycles. The van der Waals surface area contributed by atoms with Crippen molar-refractivity contribution in [2.24, 2.45) is 9.50 Å². The van der Waals surface area contributed by atoms with Crippen LogP contribution in [-0.4, -0.2) is 29.1 Å². The highest BCUT2D eigenvalue weighted by molar-refractivity contribution is 7.91. The summed E-state index contributed by atoms with van der Waals surface area (Å²) in [4.78, 5) is 15.1. The van der Waals surface area contributed by atoms with Crippen LogP contribution in [0.3, 0.4) is 0 Å². The van der Waals surface area contributed by atoms with Crippen LogP contribution in [0.5, 0.6) is 0 Å². The predicted octanol–water partition coefficient (Wildman–Crippen LogP) is 4.21. The molecule has 0 aliphatic rings. The van der Waals surface area contributed by atoms with E-state index in [1.165, 1.54) is 5.56 Å². The van der Waals surface area contributed by atoms with Gasteiger partial charge in [0.1, 0.15) is 9.92 Å². The average Bonchev–Trinajstić information content (AvgIpc) is 2.62. The second kappa shape index (κ2) is 9.65. The molecular weight excluding hydrogens is 382 g/mol. The van der Waals surface area contributed by atoms with E-state index >= 15 is 0 Å². The van der Waals surface area contributed by atoms with Crippen molar-refractivity contribution in [1.29, 1.82) is 0 Å². The average molecular weight is 416 g/mol. The maximum atomic E-state index is 12.9. The van der Waals surface area contributed by atoms with Crippen LogP contribution in [0.15, 0.2) is 45.7 Å². The summed E-state index contributed by atoms with van der Waals surface area (Å²) < 4.78 is 16.8. The molecule has 0 spiro atoms. The van der Waals surface area contributed by atoms with Gasteiger partial charge in [0.2, 0.25) is 0 Å². The predicted molar refractivity (Wildman–Crippen MR) is 120 cm³/mol. The van der Waals surface area contributed by atoms with Crippen molar-refractivity contribution in [3.8, 4) is 0 Å². The summed E-state index contributed by atoms with van der Waals surface area (Å²) >= 11 is 0. The number of rotatable bonds is 7. The van der Waals surface area contributed by atoms with Gasteiger partial charge in [-0.25, -0.2) is 9.35 Å². The van der Waals surface area contributed by atoms with Crippen molar-refractivity contribution in [3.05, 3.63) is 64.2 Å². The van der Waals surface area contributed by atoms with Crippen molar-refractivity contribution in [2.75, 3.05) is 14.1 Å². The molecule has 158 valence electrons. The third-order valence-electron chi connectivity index (χ3n) is 4.85. The minimum absolute atomic E-state index is 0.115. The number of amides is 1. The lowest BCUT2D eigenvalue weighted by Crippen LogP contribution is -2.17. The normalized spacial score (nSPS) is 13.6. The second-order valence-electron chi connectivity index (χ2n) is 8.11. The first-order valence-electron chi connectivity index (χ1n) is 9.97. The molecule has 6 heteroatoms. The molecule has 1 atom stereocenters. The Morgan fingerprint density at radius 1 is 1.17 bits per heavy atom. The van der Waals surface area contributed by atoms with E-state index in [4.69, 9.17) is 5.14 Å². The molecule has 29 heavy (non-hydrogen) atoms. The molecule has 0 heterocycles. The summed E-state index contributed by atoms with van der Waals surface area (Å²) in [5.74, 6) is -0.162. The van der Waals surface area contributed by atoms with Crippen LogP contribution in [0.25, 0.3) is 0 Å². The van der Waals surface area contributed by atoms with Gasteiger partial charge >= 0.3 is 0 Å². The van der Waals surface area contributed by atoms with E-state index in [0.717, 1.165) is 35.2 Å². The number of nitrogens with zero attached hydrogens (tertiary/aromatic N) is 2. The maximum absolute atomic E-state index is 12.9. The Bertz CT molecular complexity index is 986. The van der Waals surface area contributed by atoms with Crippen LogP contribution in [0, 0.1) is 6.92 Å². The number of hydrogen-bond acceptors (Lipinski definition) is 3. The third-order valence-corrected chi connectivity index (χ3v) is 6.27.